The van der Waals surface area contributed by atoms with Gasteiger partial charge in [0.2, 0.25) is 0 Å². The topological polar surface area (TPSA) is 96.7 Å². The summed E-state index contributed by atoms with van der Waals surface area (Å²) in [5.41, 5.74) is -1.06. The number of rotatable bonds is 4. The van der Waals surface area contributed by atoms with Crippen molar-refractivity contribution in [1.29, 1.82) is 0 Å². The van der Waals surface area contributed by atoms with Crippen LogP contribution in [0.1, 0.15) is 5.82 Å². The molecule has 0 unspecified atom stereocenters. The van der Waals surface area contributed by atoms with E-state index >= 15 is 0 Å². The molecular formula is C9H7F2N5O2. The highest BCUT2D eigenvalue weighted by molar-refractivity contribution is 5.62. The number of nitrogens with one attached hydrogen (secondary N) is 2. The van der Waals surface area contributed by atoms with Gasteiger partial charge >= 0.3 is 0 Å². The lowest BCUT2D eigenvalue weighted by molar-refractivity contribution is -0.384. The van der Waals surface area contributed by atoms with E-state index in [1.807, 2.05) is 0 Å². The second kappa shape index (κ2) is 4.73. The maximum absolute atomic E-state index is 13.5. The first-order valence-corrected chi connectivity index (χ1v) is 4.80. The number of hydrogen-bond acceptors (Lipinski definition) is 5. The van der Waals surface area contributed by atoms with E-state index in [2.05, 4.69) is 20.5 Å². The number of aromatic nitrogens is 3. The average molecular weight is 255 g/mol. The molecule has 0 spiro atoms. The van der Waals surface area contributed by atoms with Crippen LogP contribution in [-0.4, -0.2) is 20.1 Å². The maximum Gasteiger partial charge on any atom is 0.295 e. The summed E-state index contributed by atoms with van der Waals surface area (Å²) in [7, 11) is 0. The summed E-state index contributed by atoms with van der Waals surface area (Å²) in [5.74, 6) is -2.13. The van der Waals surface area contributed by atoms with Crippen LogP contribution in [0.5, 0.6) is 0 Å². The van der Waals surface area contributed by atoms with Crippen molar-refractivity contribution in [2.45, 2.75) is 6.54 Å². The zero-order valence-electron chi connectivity index (χ0n) is 8.85. The second-order valence-electron chi connectivity index (χ2n) is 3.30. The standard InChI is InChI=1S/C9H7F2N5O2/c10-5-1-2-6(16(17)18)9(8(5)11)12-3-7-13-4-14-15-7/h1-2,4,12H,3H2,(H,13,14,15). The number of anilines is 1. The van der Waals surface area contributed by atoms with Crippen LogP contribution in [-0.2, 0) is 6.54 Å². The van der Waals surface area contributed by atoms with E-state index in [-0.39, 0.29) is 6.54 Å². The fourth-order valence-electron chi connectivity index (χ4n) is 1.35. The molecule has 9 heteroatoms. The molecule has 2 aromatic rings. The van der Waals surface area contributed by atoms with Crippen molar-refractivity contribution in [3.8, 4) is 0 Å². The smallest absolute Gasteiger partial charge is 0.295 e. The Morgan fingerprint density at radius 2 is 2.22 bits per heavy atom. The van der Waals surface area contributed by atoms with E-state index < -0.39 is 27.9 Å². The van der Waals surface area contributed by atoms with Crippen LogP contribution in [0.4, 0.5) is 20.2 Å². The van der Waals surface area contributed by atoms with Gasteiger partial charge in [0, 0.05) is 6.07 Å². The Kier molecular flexibility index (Phi) is 3.13. The Hall–Kier alpha value is -2.58. The number of aromatic amines is 1. The summed E-state index contributed by atoms with van der Waals surface area (Å²) in [6.45, 7) is -0.0405. The van der Waals surface area contributed by atoms with Crippen LogP contribution in [0.25, 0.3) is 0 Å². The summed E-state index contributed by atoms with van der Waals surface area (Å²) >= 11 is 0. The molecule has 0 saturated heterocycles. The van der Waals surface area contributed by atoms with Crippen molar-refractivity contribution in [2.75, 3.05) is 5.32 Å². The molecule has 0 fully saturated rings. The zero-order valence-corrected chi connectivity index (χ0v) is 8.85. The van der Waals surface area contributed by atoms with Gasteiger partial charge in [-0.15, -0.1) is 0 Å². The minimum atomic E-state index is -1.30. The lowest BCUT2D eigenvalue weighted by Crippen LogP contribution is -2.07. The van der Waals surface area contributed by atoms with Gasteiger partial charge in [0.15, 0.2) is 17.3 Å². The Labute approximate surface area is 99.0 Å². The Balaban J connectivity index is 2.30. The molecule has 7 nitrogen and oxygen atoms in total. The molecule has 94 valence electrons. The van der Waals surface area contributed by atoms with Gasteiger partial charge in [-0.1, -0.05) is 0 Å². The number of hydrogen-bond donors (Lipinski definition) is 2. The van der Waals surface area contributed by atoms with Gasteiger partial charge in [-0.2, -0.15) is 5.10 Å². The summed E-state index contributed by atoms with van der Waals surface area (Å²) in [6.07, 6.45) is 1.23. The third-order valence-corrected chi connectivity index (χ3v) is 2.17. The van der Waals surface area contributed by atoms with E-state index in [1.165, 1.54) is 6.33 Å². The SMILES string of the molecule is O=[N+]([O-])c1ccc(F)c(F)c1NCc1ncn[nH]1. The van der Waals surface area contributed by atoms with Crippen LogP contribution in [0, 0.1) is 21.7 Å². The molecule has 0 bridgehead atoms. The fourth-order valence-corrected chi connectivity index (χ4v) is 1.35. The normalized spacial score (nSPS) is 10.3. The number of nitrogens with zero attached hydrogens (tertiary/aromatic N) is 3. The van der Waals surface area contributed by atoms with Crippen LogP contribution < -0.4 is 5.32 Å². The molecule has 0 amide bonds. The first kappa shape index (κ1) is 11.9. The zero-order chi connectivity index (χ0) is 13.1. The molecule has 18 heavy (non-hydrogen) atoms. The van der Waals surface area contributed by atoms with Crippen molar-refractivity contribution in [3.63, 3.8) is 0 Å². The lowest BCUT2D eigenvalue weighted by Gasteiger charge is -2.06. The summed E-state index contributed by atoms with van der Waals surface area (Å²) in [5, 5.41) is 19.1. The highest BCUT2D eigenvalue weighted by Crippen LogP contribution is 2.29. The van der Waals surface area contributed by atoms with Crippen LogP contribution in [0.15, 0.2) is 18.5 Å². The highest BCUT2D eigenvalue weighted by Gasteiger charge is 2.21. The quantitative estimate of drug-likeness (QED) is 0.638. The molecule has 0 atom stereocenters. The lowest BCUT2D eigenvalue weighted by atomic mass is 10.2. The molecule has 0 aliphatic carbocycles. The molecule has 0 saturated carbocycles. The largest absolute Gasteiger partial charge is 0.370 e. The molecule has 1 aromatic carbocycles. The average Bonchev–Trinajstić information content (AvgIpc) is 2.83. The fraction of sp³-hybridized carbons (Fsp3) is 0.111. The number of H-pyrrole nitrogens is 1. The van der Waals surface area contributed by atoms with Crippen molar-refractivity contribution >= 4 is 11.4 Å². The van der Waals surface area contributed by atoms with Crippen LogP contribution >= 0.6 is 0 Å². The van der Waals surface area contributed by atoms with Gasteiger partial charge in [-0.05, 0) is 6.07 Å². The van der Waals surface area contributed by atoms with Crippen molar-refractivity contribution in [3.05, 3.63) is 46.0 Å². The van der Waals surface area contributed by atoms with E-state index in [9.17, 15) is 18.9 Å². The third-order valence-electron chi connectivity index (χ3n) is 2.17. The number of benzene rings is 1. The minimum absolute atomic E-state index is 0.0405. The predicted molar refractivity (Wildman–Crippen MR) is 56.7 cm³/mol. The van der Waals surface area contributed by atoms with Gasteiger partial charge in [-0.3, -0.25) is 15.2 Å². The van der Waals surface area contributed by atoms with Crippen molar-refractivity contribution < 1.29 is 13.7 Å². The van der Waals surface area contributed by atoms with Gasteiger partial charge in [0.25, 0.3) is 5.69 Å². The summed E-state index contributed by atoms with van der Waals surface area (Å²) in [4.78, 5) is 13.6. The molecule has 0 radical (unpaired) electrons. The molecule has 1 heterocycles. The summed E-state index contributed by atoms with van der Waals surface area (Å²) in [6, 6.07) is 1.59. The van der Waals surface area contributed by atoms with Crippen LogP contribution in [0.2, 0.25) is 0 Å². The number of nitro benzene ring substituents is 1. The Morgan fingerprint density at radius 3 is 2.83 bits per heavy atom. The van der Waals surface area contributed by atoms with Gasteiger partial charge in [0.1, 0.15) is 12.2 Å². The monoisotopic (exact) mass is 255 g/mol. The van der Waals surface area contributed by atoms with Crippen molar-refractivity contribution in [2.24, 2.45) is 0 Å². The molecule has 1 aromatic heterocycles. The van der Waals surface area contributed by atoms with Crippen molar-refractivity contribution in [1.82, 2.24) is 15.2 Å². The van der Waals surface area contributed by atoms with Gasteiger partial charge in [-0.25, -0.2) is 13.8 Å². The first-order chi connectivity index (χ1) is 8.59. The van der Waals surface area contributed by atoms with Gasteiger partial charge < -0.3 is 5.32 Å². The molecule has 2 N–H and O–H groups in total. The summed E-state index contributed by atoms with van der Waals surface area (Å²) < 4.78 is 26.5. The van der Waals surface area contributed by atoms with Crippen LogP contribution in [0.3, 0.4) is 0 Å². The molecular weight excluding hydrogens is 248 g/mol. The van der Waals surface area contributed by atoms with Gasteiger partial charge in [0.05, 0.1) is 11.5 Å². The van der Waals surface area contributed by atoms with E-state index in [1.54, 1.807) is 0 Å². The first-order valence-electron chi connectivity index (χ1n) is 4.80. The van der Waals surface area contributed by atoms with E-state index in [0.29, 0.717) is 11.9 Å². The predicted octanol–water partition coefficient (Wildman–Crippen LogP) is 1.60. The van der Waals surface area contributed by atoms with E-state index in [0.717, 1.165) is 6.07 Å². The highest BCUT2D eigenvalue weighted by atomic mass is 19.2. The molecule has 0 aliphatic heterocycles. The van der Waals surface area contributed by atoms with E-state index in [4.69, 9.17) is 0 Å². The third kappa shape index (κ3) is 2.24. The molecule has 0 aliphatic rings. The maximum atomic E-state index is 13.5. The second-order valence-corrected chi connectivity index (χ2v) is 3.30. The number of halogens is 2. The number of nitro groups is 1. The minimum Gasteiger partial charge on any atom is -0.370 e. The Morgan fingerprint density at radius 1 is 1.44 bits per heavy atom. The molecule has 2 rings (SSSR count). The Bertz CT molecular complexity index is 573.